The lowest BCUT2D eigenvalue weighted by Gasteiger charge is -2.19. The van der Waals surface area contributed by atoms with Crippen molar-refractivity contribution in [3.05, 3.63) is 109 Å². The van der Waals surface area contributed by atoms with Gasteiger partial charge in [-0.25, -0.2) is 0 Å². The van der Waals surface area contributed by atoms with Crippen molar-refractivity contribution in [2.45, 2.75) is 199 Å². The van der Waals surface area contributed by atoms with E-state index >= 15 is 0 Å². The molecule has 0 saturated carbocycles. The van der Waals surface area contributed by atoms with E-state index < -0.39 is 12.1 Å². The van der Waals surface area contributed by atoms with E-state index in [-0.39, 0.29) is 12.5 Å². The van der Waals surface area contributed by atoms with Crippen molar-refractivity contribution in [2.24, 2.45) is 0 Å². The number of nitrogens with one attached hydrogen (secondary N) is 1. The number of amides is 1. The van der Waals surface area contributed by atoms with Crippen LogP contribution in [0.25, 0.3) is 0 Å². The number of carbonyl (C=O) groups is 1. The fourth-order valence-electron chi connectivity index (χ4n) is 6.05. The second-order valence-corrected chi connectivity index (χ2v) is 14.7. The molecule has 2 atom stereocenters. The number of unbranched alkanes of at least 4 members (excludes halogenated alkanes) is 16. The molecule has 0 rings (SSSR count). The largest absolute Gasteiger partial charge is 0.394 e. The van der Waals surface area contributed by atoms with E-state index in [0.29, 0.717) is 6.42 Å². The smallest absolute Gasteiger partial charge is 0.220 e. The third-order valence-corrected chi connectivity index (χ3v) is 9.49. The van der Waals surface area contributed by atoms with E-state index in [0.717, 1.165) is 77.0 Å². The highest BCUT2D eigenvalue weighted by atomic mass is 16.3. The van der Waals surface area contributed by atoms with Crippen molar-refractivity contribution >= 4 is 5.91 Å². The van der Waals surface area contributed by atoms with Gasteiger partial charge in [-0.15, -0.1) is 0 Å². The summed E-state index contributed by atoms with van der Waals surface area (Å²) in [5, 5.41) is 22.9. The maximum absolute atomic E-state index is 12.4. The van der Waals surface area contributed by atoms with Gasteiger partial charge < -0.3 is 15.5 Å². The van der Waals surface area contributed by atoms with E-state index in [4.69, 9.17) is 0 Å². The third kappa shape index (κ3) is 42.0. The quantitative estimate of drug-likeness (QED) is 0.0432. The number of aliphatic hydroxyl groups excluding tert-OH is 2. The number of rotatable bonds is 39. The van der Waals surface area contributed by atoms with Crippen LogP contribution in [0.3, 0.4) is 0 Å². The molecule has 0 heterocycles. The van der Waals surface area contributed by atoms with Crippen LogP contribution in [0.5, 0.6) is 0 Å². The van der Waals surface area contributed by atoms with Gasteiger partial charge in [-0.1, -0.05) is 200 Å². The molecule has 0 aliphatic rings. The van der Waals surface area contributed by atoms with Crippen molar-refractivity contribution in [1.82, 2.24) is 5.32 Å². The Morgan fingerprint density at radius 3 is 1.27 bits per heavy atom. The van der Waals surface area contributed by atoms with E-state index in [1.165, 1.54) is 89.9 Å². The van der Waals surface area contributed by atoms with Crippen LogP contribution < -0.4 is 5.32 Å². The van der Waals surface area contributed by atoms with Crippen molar-refractivity contribution in [3.8, 4) is 0 Å². The van der Waals surface area contributed by atoms with Gasteiger partial charge in [0.15, 0.2) is 0 Å². The Hall–Kier alpha value is -2.95. The normalized spacial score (nSPS) is 14.0. The number of hydrogen-bond donors (Lipinski definition) is 3. The predicted molar refractivity (Wildman–Crippen MR) is 243 cm³/mol. The lowest BCUT2D eigenvalue weighted by molar-refractivity contribution is -0.123. The van der Waals surface area contributed by atoms with Gasteiger partial charge in [0, 0.05) is 6.42 Å². The average molecular weight is 760 g/mol. The zero-order chi connectivity index (χ0) is 40.0. The number of aliphatic hydroxyl groups is 2. The van der Waals surface area contributed by atoms with Crippen LogP contribution in [0.2, 0.25) is 0 Å². The molecule has 0 aliphatic heterocycles. The summed E-state index contributed by atoms with van der Waals surface area (Å²) in [7, 11) is 0. The first-order chi connectivity index (χ1) is 27.2. The number of carbonyl (C=O) groups excluding carboxylic acids is 1. The molecule has 0 saturated heterocycles. The number of allylic oxidation sites excluding steroid dienone is 17. The predicted octanol–water partition coefficient (Wildman–Crippen LogP) is 14.4. The highest BCUT2D eigenvalue weighted by molar-refractivity contribution is 5.76. The first kappa shape index (κ1) is 52.0. The molecule has 0 aromatic heterocycles. The van der Waals surface area contributed by atoms with Crippen LogP contribution >= 0.6 is 0 Å². The summed E-state index contributed by atoms with van der Waals surface area (Å²) >= 11 is 0. The Kier molecular flexibility index (Phi) is 43.0. The molecule has 4 nitrogen and oxygen atoms in total. The van der Waals surface area contributed by atoms with Gasteiger partial charge in [0.25, 0.3) is 0 Å². The minimum absolute atomic E-state index is 0.0853. The van der Waals surface area contributed by atoms with Crippen LogP contribution in [-0.2, 0) is 4.79 Å². The van der Waals surface area contributed by atoms with Gasteiger partial charge in [-0.05, 0) is 89.9 Å². The van der Waals surface area contributed by atoms with Crippen LogP contribution in [0.4, 0.5) is 0 Å². The summed E-state index contributed by atoms with van der Waals surface area (Å²) in [5.41, 5.74) is 0. The molecule has 4 heteroatoms. The molecule has 0 aliphatic carbocycles. The Labute approximate surface area is 340 Å². The second-order valence-electron chi connectivity index (χ2n) is 14.7. The Morgan fingerprint density at radius 2 is 0.818 bits per heavy atom. The summed E-state index contributed by atoms with van der Waals surface area (Å²) in [6, 6.07) is -0.645. The molecular formula is C51H85NO3. The maximum Gasteiger partial charge on any atom is 0.220 e. The SMILES string of the molecule is CC/C=C\C/C=C\C/C=C\C/C=C\C/C=C\C/C=C\C/C=C\CCCCCCCCCCCCCC(=O)NC(CO)C(O)/C=C/CC/C=C/CCCCCC. The third-order valence-electron chi connectivity index (χ3n) is 9.49. The van der Waals surface area contributed by atoms with Crippen molar-refractivity contribution in [2.75, 3.05) is 6.61 Å². The molecule has 0 spiro atoms. The first-order valence-corrected chi connectivity index (χ1v) is 22.6. The molecule has 0 fully saturated rings. The standard InChI is InChI=1S/C51H85NO3/c1-3-5-7-9-11-13-15-16-17-18-19-20-21-22-23-24-25-26-27-28-29-30-31-32-33-34-35-36-37-39-41-43-45-47-51(55)52-49(48-53)50(54)46-44-42-40-38-14-12-10-8-6-4-2/h5,7,11,13-14,16-17,19-20,22-23,25-26,28-29,38,44,46,49-50,53-54H,3-4,6,8-10,12,15,18,21,24,27,30-37,39-43,45,47-48H2,1-2H3,(H,52,55)/b7-5-,13-11-,17-16-,20-19-,23-22-,26-25-,29-28-,38-14+,46-44+. The van der Waals surface area contributed by atoms with Gasteiger partial charge in [-0.2, -0.15) is 0 Å². The second kappa shape index (κ2) is 45.4. The highest BCUT2D eigenvalue weighted by Crippen LogP contribution is 2.13. The maximum atomic E-state index is 12.4. The van der Waals surface area contributed by atoms with Gasteiger partial charge in [0.2, 0.25) is 5.91 Å². The lowest BCUT2D eigenvalue weighted by atomic mass is 10.0. The van der Waals surface area contributed by atoms with E-state index in [1.54, 1.807) is 6.08 Å². The van der Waals surface area contributed by atoms with Crippen LogP contribution in [-0.4, -0.2) is 34.9 Å². The lowest BCUT2D eigenvalue weighted by Crippen LogP contribution is -2.45. The van der Waals surface area contributed by atoms with Gasteiger partial charge in [0.05, 0.1) is 18.8 Å². The molecule has 0 aromatic carbocycles. The topological polar surface area (TPSA) is 69.6 Å². The average Bonchev–Trinajstić information content (AvgIpc) is 3.19. The fourth-order valence-corrected chi connectivity index (χ4v) is 6.05. The fraction of sp³-hybridized carbons (Fsp3) is 0.627. The molecular weight excluding hydrogens is 675 g/mol. The van der Waals surface area contributed by atoms with Crippen molar-refractivity contribution < 1.29 is 15.0 Å². The van der Waals surface area contributed by atoms with Gasteiger partial charge in [0.1, 0.15) is 0 Å². The zero-order valence-electron chi connectivity index (χ0n) is 35.6. The van der Waals surface area contributed by atoms with Crippen molar-refractivity contribution in [3.63, 3.8) is 0 Å². The Balaban J connectivity index is 3.60. The molecule has 0 aromatic rings. The Bertz CT molecular complexity index is 1090. The van der Waals surface area contributed by atoms with Crippen LogP contribution in [0, 0.1) is 0 Å². The summed E-state index contributed by atoms with van der Waals surface area (Å²) in [4.78, 5) is 12.4. The minimum atomic E-state index is -0.867. The number of hydrogen-bond acceptors (Lipinski definition) is 3. The Morgan fingerprint density at radius 1 is 0.455 bits per heavy atom. The van der Waals surface area contributed by atoms with E-state index in [2.05, 4.69) is 116 Å². The van der Waals surface area contributed by atoms with Crippen LogP contribution in [0.1, 0.15) is 187 Å². The molecule has 55 heavy (non-hydrogen) atoms. The van der Waals surface area contributed by atoms with E-state index in [9.17, 15) is 15.0 Å². The first-order valence-electron chi connectivity index (χ1n) is 22.6. The zero-order valence-corrected chi connectivity index (χ0v) is 35.6. The molecule has 2 unspecified atom stereocenters. The summed E-state index contributed by atoms with van der Waals surface area (Å²) < 4.78 is 0. The molecule has 0 radical (unpaired) electrons. The van der Waals surface area contributed by atoms with E-state index in [1.807, 2.05) is 6.08 Å². The molecule has 312 valence electrons. The minimum Gasteiger partial charge on any atom is -0.394 e. The summed E-state index contributed by atoms with van der Waals surface area (Å²) in [5.74, 6) is -0.0853. The van der Waals surface area contributed by atoms with Crippen molar-refractivity contribution in [1.29, 1.82) is 0 Å². The highest BCUT2D eigenvalue weighted by Gasteiger charge is 2.17. The summed E-state index contributed by atoms with van der Waals surface area (Å²) in [6.07, 6.45) is 69.2. The summed E-state index contributed by atoms with van der Waals surface area (Å²) in [6.45, 7) is 4.13. The molecule has 0 bridgehead atoms. The van der Waals surface area contributed by atoms with Gasteiger partial charge in [-0.3, -0.25) is 4.79 Å². The monoisotopic (exact) mass is 760 g/mol. The molecule has 1 amide bonds. The van der Waals surface area contributed by atoms with Gasteiger partial charge >= 0.3 is 0 Å². The van der Waals surface area contributed by atoms with Crippen LogP contribution in [0.15, 0.2) is 109 Å². The molecule has 3 N–H and O–H groups in total.